The van der Waals surface area contributed by atoms with E-state index in [0.29, 0.717) is 18.6 Å². The van der Waals surface area contributed by atoms with Crippen LogP contribution in [0.1, 0.15) is 45.6 Å². The van der Waals surface area contributed by atoms with Crippen molar-refractivity contribution in [3.05, 3.63) is 58.9 Å². The van der Waals surface area contributed by atoms with Gasteiger partial charge in [-0.2, -0.15) is 5.11 Å². The third kappa shape index (κ3) is 5.68. The van der Waals surface area contributed by atoms with Crippen molar-refractivity contribution in [1.82, 2.24) is 0 Å². The first-order valence-electron chi connectivity index (χ1n) is 12.0. The summed E-state index contributed by atoms with van der Waals surface area (Å²) < 4.78 is 26.2. The first kappa shape index (κ1) is 27.1. The number of amides is 1. The lowest BCUT2D eigenvalue weighted by Gasteiger charge is -2.42. The molecule has 0 spiro atoms. The minimum atomic E-state index is -1.82. The largest absolute Gasteiger partial charge is 0.417 e. The second-order valence-electron chi connectivity index (χ2n) is 10.6. The summed E-state index contributed by atoms with van der Waals surface area (Å²) in [6.07, 6.45) is 7.74. The fourth-order valence-corrected chi connectivity index (χ4v) is 5.44. The molecule has 0 fully saturated rings. The van der Waals surface area contributed by atoms with Crippen molar-refractivity contribution in [3.63, 3.8) is 0 Å². The number of primary amides is 1. The van der Waals surface area contributed by atoms with Crippen LogP contribution < -0.4 is 5.73 Å². The van der Waals surface area contributed by atoms with E-state index in [-0.39, 0.29) is 16.9 Å². The van der Waals surface area contributed by atoms with E-state index in [1.165, 1.54) is 12.1 Å². The highest BCUT2D eigenvalue weighted by atomic mass is 28.4. The third-order valence-electron chi connectivity index (χ3n) is 7.40. The number of hydrogen-bond donors (Lipinski definition) is 1. The number of carbonyl (C=O) groups is 1. The molecule has 2 N–H and O–H groups in total. The van der Waals surface area contributed by atoms with E-state index in [1.54, 1.807) is 31.5 Å². The lowest BCUT2D eigenvalue weighted by molar-refractivity contribution is -0.129. The molecule has 1 amide bonds. The molecule has 1 aliphatic carbocycles. The Balaban J connectivity index is 1.90. The van der Waals surface area contributed by atoms with Crippen LogP contribution in [0.2, 0.25) is 18.1 Å². The van der Waals surface area contributed by atoms with Crippen LogP contribution in [0, 0.1) is 11.7 Å². The number of halogens is 1. The zero-order valence-corrected chi connectivity index (χ0v) is 22.5. The molecule has 1 aliphatic heterocycles. The van der Waals surface area contributed by atoms with Gasteiger partial charge in [0.25, 0.3) is 0 Å². The molecule has 0 radical (unpaired) electrons. The molecular formula is C26H37FN4O3Si. The Bertz CT molecular complexity index is 1030. The first-order chi connectivity index (χ1) is 16.4. The van der Waals surface area contributed by atoms with E-state index in [1.807, 2.05) is 6.08 Å². The second-order valence-corrected chi connectivity index (χ2v) is 15.5. The van der Waals surface area contributed by atoms with Gasteiger partial charge >= 0.3 is 0 Å². The molecule has 1 heterocycles. The van der Waals surface area contributed by atoms with Crippen LogP contribution in [0.5, 0.6) is 0 Å². The molecule has 0 saturated heterocycles. The molecule has 1 aromatic rings. The van der Waals surface area contributed by atoms with Gasteiger partial charge in [-0.3, -0.25) is 4.79 Å². The Kier molecular flexibility index (Phi) is 8.24. The van der Waals surface area contributed by atoms with Crippen LogP contribution >= 0.6 is 0 Å². The van der Waals surface area contributed by atoms with Crippen molar-refractivity contribution >= 4 is 20.4 Å². The van der Waals surface area contributed by atoms with Gasteiger partial charge in [0.1, 0.15) is 17.5 Å². The molecule has 2 aliphatic rings. The number of nitrogens with two attached hydrogens (primary N) is 1. The Morgan fingerprint density at radius 1 is 1.20 bits per heavy atom. The van der Waals surface area contributed by atoms with Gasteiger partial charge in [0, 0.05) is 13.7 Å². The van der Waals surface area contributed by atoms with Crippen molar-refractivity contribution in [2.45, 2.75) is 69.8 Å². The van der Waals surface area contributed by atoms with E-state index in [2.05, 4.69) is 49.3 Å². The van der Waals surface area contributed by atoms with Crippen molar-refractivity contribution in [1.29, 1.82) is 0 Å². The van der Waals surface area contributed by atoms with Crippen LogP contribution in [-0.2, 0) is 19.6 Å². The summed E-state index contributed by atoms with van der Waals surface area (Å²) in [4.78, 5) is 12.7. The van der Waals surface area contributed by atoms with E-state index in [0.717, 1.165) is 24.0 Å². The Morgan fingerprint density at radius 3 is 2.43 bits per heavy atom. The number of benzene rings is 1. The topological polar surface area (TPSA) is 98.6 Å². The normalized spacial score (nSPS) is 24.4. The zero-order chi connectivity index (χ0) is 25.9. The Labute approximate surface area is 208 Å². The van der Waals surface area contributed by atoms with Crippen molar-refractivity contribution in [3.8, 4) is 0 Å². The van der Waals surface area contributed by atoms with Crippen LogP contribution in [0.3, 0.4) is 0 Å². The average molecular weight is 501 g/mol. The number of carbonyl (C=O) groups excluding carboxylic acids is 1. The van der Waals surface area contributed by atoms with E-state index in [9.17, 15) is 9.18 Å². The molecule has 3 unspecified atom stereocenters. The summed E-state index contributed by atoms with van der Waals surface area (Å²) in [5.74, 6) is -1.70. The van der Waals surface area contributed by atoms with Crippen molar-refractivity contribution < 1.29 is 18.3 Å². The summed E-state index contributed by atoms with van der Waals surface area (Å²) in [5, 5.41) is 11.8. The van der Waals surface area contributed by atoms with Crippen LogP contribution in [0.25, 0.3) is 0 Å². The maximum atomic E-state index is 13.8. The standard InChI is InChI=1S/C26H37FN4O3Si/c1-25(2,3)35(5,6)34-14-8-7-9-20-15-18(23-17-29-31-30-23)16-22(24(28)32)26(20,33-4)19-10-12-21(27)13-11-19/h10-13,15-17,22-23H,7-9,14H2,1-6H3,(H2,28,32). The Hall–Kier alpha value is -2.49. The van der Waals surface area contributed by atoms with Gasteiger partial charge < -0.3 is 14.9 Å². The fourth-order valence-electron chi connectivity index (χ4n) is 4.35. The Morgan fingerprint density at radius 2 is 1.89 bits per heavy atom. The van der Waals surface area contributed by atoms with Crippen LogP contribution in [-0.4, -0.2) is 40.2 Å². The lowest BCUT2D eigenvalue weighted by Crippen LogP contribution is -2.47. The number of unbranched alkanes of at least 4 members (excludes halogenated alkanes) is 1. The predicted molar refractivity (Wildman–Crippen MR) is 138 cm³/mol. The smallest absolute Gasteiger partial charge is 0.228 e. The highest BCUT2D eigenvalue weighted by molar-refractivity contribution is 6.74. The van der Waals surface area contributed by atoms with Gasteiger partial charge in [-0.05, 0) is 71.5 Å². The van der Waals surface area contributed by atoms with Crippen LogP contribution in [0.15, 0.2) is 63.0 Å². The third-order valence-corrected chi connectivity index (χ3v) is 11.9. The molecule has 35 heavy (non-hydrogen) atoms. The highest BCUT2D eigenvalue weighted by Crippen LogP contribution is 2.47. The lowest BCUT2D eigenvalue weighted by atomic mass is 9.69. The molecule has 190 valence electrons. The zero-order valence-electron chi connectivity index (χ0n) is 21.5. The molecule has 0 bridgehead atoms. The number of methoxy groups -OCH3 is 1. The van der Waals surface area contributed by atoms with Crippen LogP contribution in [0.4, 0.5) is 4.39 Å². The minimum absolute atomic E-state index is 0.151. The summed E-state index contributed by atoms with van der Waals surface area (Å²) >= 11 is 0. The molecule has 7 nitrogen and oxygen atoms in total. The van der Waals surface area contributed by atoms with Gasteiger partial charge in [0.15, 0.2) is 8.32 Å². The SMILES string of the molecule is COC1(c2ccc(F)cc2)C(CCCCO[Si](C)(C)C(C)(C)C)=CC(C2C=NN=N2)=CC1C(N)=O. The first-order valence-corrected chi connectivity index (χ1v) is 14.9. The number of ether oxygens (including phenoxy) is 1. The predicted octanol–water partition coefficient (Wildman–Crippen LogP) is 5.65. The molecule has 0 aromatic heterocycles. The second kappa shape index (κ2) is 10.6. The monoisotopic (exact) mass is 500 g/mol. The molecule has 3 atom stereocenters. The van der Waals surface area contributed by atoms with E-state index >= 15 is 0 Å². The fraction of sp³-hybridized carbons (Fsp3) is 0.538. The minimum Gasteiger partial charge on any atom is -0.417 e. The molecule has 1 aromatic carbocycles. The maximum absolute atomic E-state index is 13.8. The number of hydrogen-bond acceptors (Lipinski definition) is 6. The van der Waals surface area contributed by atoms with Crippen molar-refractivity contribution in [2.75, 3.05) is 13.7 Å². The summed E-state index contributed by atoms with van der Waals surface area (Å²) in [6.45, 7) is 11.8. The highest BCUT2D eigenvalue weighted by Gasteiger charge is 2.48. The quantitative estimate of drug-likeness (QED) is 0.332. The van der Waals surface area contributed by atoms with Gasteiger partial charge in [-0.25, -0.2) is 4.39 Å². The number of nitrogens with zero attached hydrogens (tertiary/aromatic N) is 3. The van der Waals surface area contributed by atoms with E-state index in [4.69, 9.17) is 14.9 Å². The summed E-state index contributed by atoms with van der Waals surface area (Å²) in [6, 6.07) is 5.67. The summed E-state index contributed by atoms with van der Waals surface area (Å²) in [5.41, 5.74) is 7.11. The van der Waals surface area contributed by atoms with Gasteiger partial charge in [-0.15, -0.1) is 5.10 Å². The van der Waals surface area contributed by atoms with Gasteiger partial charge in [0.2, 0.25) is 5.91 Å². The van der Waals surface area contributed by atoms with Gasteiger partial charge in [0.05, 0.1) is 12.1 Å². The number of rotatable bonds is 10. The average Bonchev–Trinajstić information content (AvgIpc) is 3.33. The molecule has 0 saturated carbocycles. The molecular weight excluding hydrogens is 463 g/mol. The molecule has 9 heteroatoms. The van der Waals surface area contributed by atoms with E-state index < -0.39 is 25.7 Å². The van der Waals surface area contributed by atoms with Crippen molar-refractivity contribution in [2.24, 2.45) is 27.1 Å². The maximum Gasteiger partial charge on any atom is 0.228 e. The van der Waals surface area contributed by atoms with Gasteiger partial charge in [-0.1, -0.05) is 45.1 Å². The summed E-state index contributed by atoms with van der Waals surface area (Å²) in [7, 11) is -0.266. The molecule has 3 rings (SSSR count).